The van der Waals surface area contributed by atoms with Crippen molar-refractivity contribution in [3.8, 4) is 0 Å². The van der Waals surface area contributed by atoms with Gasteiger partial charge >= 0.3 is 0 Å². The van der Waals surface area contributed by atoms with Crippen LogP contribution in [0.1, 0.15) is 124 Å². The number of aryl methyl sites for hydroxylation is 8. The minimum absolute atomic E-state index is 0.0164. The van der Waals surface area contributed by atoms with E-state index in [9.17, 15) is 19.2 Å². The Morgan fingerprint density at radius 1 is 0.475 bits per heavy atom. The standard InChI is InChI=1S/C65H87N27O4S3/c1-5-98-64-87-53(85-62(91-64)71-33-17-28-54-86-63(92-65(88-54)99-48-21-10-7-11-22-48)72-32-16-26-52-82-58(67)90-61(84-52)73-34-35-97)27-13-29-68-55(95)41(2)36-47(94)39-74-56(96)45(37-44-18-8-6-9-19-44)38-46(93)20-12-23-49-77-43(4)78-50(80-49)24-14-31-70-60-83-51(81-57(66)89-60)25-15-30-69-59-76-40-75-42(3)79-59/h6-11,18-19,21-22,40-41,45,97H,5,12-17,20,23-39H2,1-4H3,(H,68,95)(H,74,96)(H,69,75,76,79)(H,71,85,87,91)(H,72,86,88,92)(H3,66,70,81,83,89)(H3,67,73,82,84,90). The van der Waals surface area contributed by atoms with Gasteiger partial charge in [0, 0.05) is 120 Å². The SMILES string of the molecule is CCSc1nc(CCCNC(=O)C(C)CC(=O)CNC(=O)C(CC(=O)CCCc2nc(C)nc(CCCNc3nc(N)nc(CCCNc4ncnc(C)n4)n3)n2)Cc2ccccc2)nc(NCCCc2nc(NCCCc3nc(N)nc(NCCS)n3)nc(Sc3ccccc3)n2)n1. The van der Waals surface area contributed by atoms with Crippen LogP contribution in [-0.2, 0) is 64.1 Å². The fourth-order valence-electron chi connectivity index (χ4n) is 9.95. The number of hydrogen-bond donors (Lipinski definition) is 10. The predicted molar refractivity (Wildman–Crippen MR) is 383 cm³/mol. The van der Waals surface area contributed by atoms with Crippen LogP contribution in [-0.4, -0.2) is 170 Å². The molecule has 0 aliphatic heterocycles. The second kappa shape index (κ2) is 41.0. The summed E-state index contributed by atoms with van der Waals surface area (Å²) in [5, 5.41) is 23.1. The van der Waals surface area contributed by atoms with Crippen molar-refractivity contribution in [3.05, 3.63) is 119 Å². The molecule has 6 aromatic heterocycles. The Labute approximate surface area is 589 Å². The first-order valence-corrected chi connectivity index (χ1v) is 35.7. The van der Waals surface area contributed by atoms with Crippen LogP contribution in [0.4, 0.5) is 41.6 Å². The van der Waals surface area contributed by atoms with Crippen molar-refractivity contribution in [3.63, 3.8) is 0 Å². The molecule has 2 amide bonds. The molecular weight excluding hydrogens is 1320 g/mol. The van der Waals surface area contributed by atoms with Crippen molar-refractivity contribution in [2.75, 3.05) is 95.4 Å². The van der Waals surface area contributed by atoms with Gasteiger partial charge < -0.3 is 48.7 Å². The highest BCUT2D eigenvalue weighted by Crippen LogP contribution is 2.26. The third kappa shape index (κ3) is 28.1. The van der Waals surface area contributed by atoms with E-state index in [4.69, 9.17) is 31.4 Å². The average molecular weight is 1410 g/mol. The highest BCUT2D eigenvalue weighted by Gasteiger charge is 2.25. The Bertz CT molecular complexity index is 3870. The summed E-state index contributed by atoms with van der Waals surface area (Å²) >= 11 is 7.20. The van der Waals surface area contributed by atoms with Gasteiger partial charge in [-0.25, -0.2) is 34.9 Å². The van der Waals surface area contributed by atoms with Crippen LogP contribution >= 0.6 is 36.2 Å². The largest absolute Gasteiger partial charge is 0.368 e. The number of benzene rings is 2. The number of nitrogen functional groups attached to an aromatic ring is 2. The van der Waals surface area contributed by atoms with Gasteiger partial charge in [0.1, 0.15) is 58.7 Å². The maximum absolute atomic E-state index is 13.8. The van der Waals surface area contributed by atoms with Crippen molar-refractivity contribution < 1.29 is 19.2 Å². The van der Waals surface area contributed by atoms with E-state index in [1.807, 2.05) is 74.5 Å². The Morgan fingerprint density at radius 2 is 0.970 bits per heavy atom. The summed E-state index contributed by atoms with van der Waals surface area (Å²) in [6, 6.07) is 19.4. The lowest BCUT2D eigenvalue weighted by atomic mass is 9.92. The Hall–Kier alpha value is -9.57. The number of Topliss-reactive ketones (excluding diaryl/α,β-unsaturated/α-hetero) is 2. The molecule has 524 valence electrons. The van der Waals surface area contributed by atoms with E-state index < -0.39 is 17.7 Å². The first-order chi connectivity index (χ1) is 48.1. The smallest absolute Gasteiger partial charge is 0.227 e. The number of amides is 2. The summed E-state index contributed by atoms with van der Waals surface area (Å²) in [5.41, 5.74) is 12.8. The molecule has 2 aromatic carbocycles. The number of carbonyl (C=O) groups is 4. The van der Waals surface area contributed by atoms with E-state index in [0.717, 1.165) is 22.6 Å². The van der Waals surface area contributed by atoms with Crippen LogP contribution in [0.25, 0.3) is 0 Å². The van der Waals surface area contributed by atoms with Gasteiger partial charge in [0.05, 0.1) is 6.54 Å². The van der Waals surface area contributed by atoms with Crippen LogP contribution in [0.5, 0.6) is 0 Å². The molecule has 8 aromatic rings. The van der Waals surface area contributed by atoms with Crippen LogP contribution in [0.3, 0.4) is 0 Å². The number of thiol groups is 1. The van der Waals surface area contributed by atoms with E-state index >= 15 is 0 Å². The third-order valence-electron chi connectivity index (χ3n) is 14.7. The molecule has 0 radical (unpaired) electrons. The number of aromatic nitrogens is 18. The zero-order chi connectivity index (χ0) is 70.0. The average Bonchev–Trinajstić information content (AvgIpc) is 1.26. The van der Waals surface area contributed by atoms with E-state index in [-0.39, 0.29) is 55.2 Å². The lowest BCUT2D eigenvalue weighted by Gasteiger charge is -2.17. The first-order valence-electron chi connectivity index (χ1n) is 33.3. The van der Waals surface area contributed by atoms with Crippen LogP contribution in [0.2, 0.25) is 0 Å². The second-order valence-electron chi connectivity index (χ2n) is 23.0. The molecule has 0 fully saturated rings. The van der Waals surface area contributed by atoms with E-state index in [0.29, 0.717) is 209 Å². The van der Waals surface area contributed by atoms with E-state index in [1.165, 1.54) is 29.9 Å². The van der Waals surface area contributed by atoms with Gasteiger partial charge in [0.25, 0.3) is 0 Å². The second-order valence-corrected chi connectivity index (χ2v) is 25.7. The van der Waals surface area contributed by atoms with Gasteiger partial charge in [0.2, 0.25) is 53.5 Å². The minimum atomic E-state index is -0.717. The first kappa shape index (κ1) is 75.2. The number of thioether (sulfide) groups is 1. The molecule has 11 N–H and O–H groups in total. The van der Waals surface area contributed by atoms with Gasteiger partial charge in [-0.1, -0.05) is 74.1 Å². The maximum atomic E-state index is 13.8. The lowest BCUT2D eigenvalue weighted by Crippen LogP contribution is -2.38. The van der Waals surface area contributed by atoms with Crippen molar-refractivity contribution in [1.82, 2.24) is 100 Å². The van der Waals surface area contributed by atoms with Crippen LogP contribution in [0, 0.1) is 25.7 Å². The zero-order valence-electron chi connectivity index (χ0n) is 56.3. The summed E-state index contributed by atoms with van der Waals surface area (Å²) < 4.78 is 0. The Balaban J connectivity index is 0.732. The van der Waals surface area contributed by atoms with Gasteiger partial charge in [-0.3, -0.25) is 19.2 Å². The molecule has 34 heteroatoms. The van der Waals surface area contributed by atoms with Gasteiger partial charge in [-0.2, -0.15) is 67.5 Å². The van der Waals surface area contributed by atoms with E-state index in [2.05, 4.69) is 120 Å². The van der Waals surface area contributed by atoms with Gasteiger partial charge in [-0.05, 0) is 94.0 Å². The number of carbonyl (C=O) groups excluding carboxylic acids is 4. The molecule has 0 spiro atoms. The zero-order valence-corrected chi connectivity index (χ0v) is 58.8. The molecule has 2 atom stereocenters. The topological polar surface area (TPSA) is 437 Å². The lowest BCUT2D eigenvalue weighted by molar-refractivity contribution is -0.131. The maximum Gasteiger partial charge on any atom is 0.227 e. The summed E-state index contributed by atoms with van der Waals surface area (Å²) in [6.07, 6.45) is 8.80. The van der Waals surface area contributed by atoms with Gasteiger partial charge in [-0.15, -0.1) is 0 Å². The number of nitrogens with one attached hydrogen (secondary N) is 7. The monoisotopic (exact) mass is 1410 g/mol. The number of hydrogen-bond acceptors (Lipinski definition) is 32. The molecule has 0 aliphatic carbocycles. The van der Waals surface area contributed by atoms with E-state index in [1.54, 1.807) is 13.8 Å². The molecule has 8 rings (SSSR count). The molecule has 99 heavy (non-hydrogen) atoms. The molecule has 0 saturated heterocycles. The van der Waals surface area contributed by atoms with Crippen molar-refractivity contribution >= 4 is 101 Å². The molecule has 0 aliphatic rings. The van der Waals surface area contributed by atoms with Crippen molar-refractivity contribution in [1.29, 1.82) is 0 Å². The number of ketones is 2. The van der Waals surface area contributed by atoms with Gasteiger partial charge in [0.15, 0.2) is 16.1 Å². The number of rotatable bonds is 45. The Morgan fingerprint density at radius 3 is 1.54 bits per heavy atom. The molecule has 0 bridgehead atoms. The summed E-state index contributed by atoms with van der Waals surface area (Å²) in [7, 11) is 0. The highest BCUT2D eigenvalue weighted by molar-refractivity contribution is 7.99. The van der Waals surface area contributed by atoms with Crippen molar-refractivity contribution in [2.24, 2.45) is 11.8 Å². The molecule has 31 nitrogen and oxygen atoms in total. The number of nitrogens with two attached hydrogens (primary N) is 2. The minimum Gasteiger partial charge on any atom is -0.368 e. The number of nitrogens with zero attached hydrogens (tertiary/aromatic N) is 18. The summed E-state index contributed by atoms with van der Waals surface area (Å²) in [6.45, 7) is 10.2. The third-order valence-corrected chi connectivity index (χ3v) is 16.5. The van der Waals surface area contributed by atoms with Crippen LogP contribution < -0.4 is 48.7 Å². The summed E-state index contributed by atoms with van der Waals surface area (Å²) in [4.78, 5) is 135. The number of anilines is 7. The fourth-order valence-corrected chi connectivity index (χ4v) is 11.4. The predicted octanol–water partition coefficient (Wildman–Crippen LogP) is 5.96. The normalized spacial score (nSPS) is 11.7. The Kier molecular flexibility index (Phi) is 31.1. The van der Waals surface area contributed by atoms with Crippen LogP contribution in [0.15, 0.2) is 82.2 Å². The highest BCUT2D eigenvalue weighted by atomic mass is 32.2. The molecule has 6 heterocycles. The fraction of sp³-hybridized carbons (Fsp3) is 0.477. The molecule has 2 unspecified atom stereocenters. The summed E-state index contributed by atoms with van der Waals surface area (Å²) in [5.74, 6) is 6.22. The molecule has 0 saturated carbocycles. The quantitative estimate of drug-likeness (QED) is 0.0119. The molecular formula is C65H87N27O4S3. The van der Waals surface area contributed by atoms with Crippen molar-refractivity contribution in [2.45, 2.75) is 146 Å².